The minimum atomic E-state index is -1.08. The van der Waals surface area contributed by atoms with Gasteiger partial charge in [-0.05, 0) is 30.7 Å². The van der Waals surface area contributed by atoms with Gasteiger partial charge in [0.25, 0.3) is 5.69 Å². The number of nitro benzene ring substituents is 1. The van der Waals surface area contributed by atoms with Crippen LogP contribution in [-0.4, -0.2) is 27.8 Å². The summed E-state index contributed by atoms with van der Waals surface area (Å²) in [7, 11) is 0. The first kappa shape index (κ1) is 18.0. The molecular weight excluding hydrogens is 315 g/mol. The third-order valence-electron chi connectivity index (χ3n) is 3.78. The molecule has 0 amide bonds. The summed E-state index contributed by atoms with van der Waals surface area (Å²) in [6, 6.07) is 9.42. The largest absolute Gasteiger partial charge is 0.395 e. The summed E-state index contributed by atoms with van der Waals surface area (Å²) < 4.78 is 13.7. The van der Waals surface area contributed by atoms with E-state index in [-0.39, 0.29) is 24.7 Å². The van der Waals surface area contributed by atoms with Crippen molar-refractivity contribution in [3.63, 3.8) is 0 Å². The maximum atomic E-state index is 13.7. The molecule has 2 rings (SSSR count). The molecule has 24 heavy (non-hydrogen) atoms. The highest BCUT2D eigenvalue weighted by Crippen LogP contribution is 2.21. The van der Waals surface area contributed by atoms with Crippen molar-refractivity contribution in [1.82, 2.24) is 5.32 Å². The van der Waals surface area contributed by atoms with Gasteiger partial charge >= 0.3 is 0 Å². The van der Waals surface area contributed by atoms with E-state index in [9.17, 15) is 24.7 Å². The summed E-state index contributed by atoms with van der Waals surface area (Å²) >= 11 is 0. The number of halogens is 1. The third kappa shape index (κ3) is 4.35. The van der Waals surface area contributed by atoms with E-state index in [1.807, 2.05) is 6.92 Å². The van der Waals surface area contributed by atoms with E-state index < -0.39 is 17.1 Å². The number of aliphatic hydroxyl groups excluding tert-OH is 2. The quantitative estimate of drug-likeness (QED) is 0.533. The average Bonchev–Trinajstić information content (AvgIpc) is 2.58. The fourth-order valence-corrected chi connectivity index (χ4v) is 2.38. The standard InChI is InChI=1S/C17H19FN2O4/c1-11-2-7-15(18)13(8-11)9-19-16(10-21)17(22)12-3-5-14(6-4-12)20(23)24/h2-8,16-17,19,21-22H,9-10H2,1H3. The smallest absolute Gasteiger partial charge is 0.269 e. The maximum Gasteiger partial charge on any atom is 0.269 e. The van der Waals surface area contributed by atoms with Gasteiger partial charge in [-0.2, -0.15) is 0 Å². The molecule has 2 atom stereocenters. The molecule has 0 aromatic heterocycles. The summed E-state index contributed by atoms with van der Waals surface area (Å²) in [5.41, 5.74) is 1.69. The molecule has 0 spiro atoms. The van der Waals surface area contributed by atoms with E-state index >= 15 is 0 Å². The third-order valence-corrected chi connectivity index (χ3v) is 3.78. The Hall–Kier alpha value is -2.35. The highest BCUT2D eigenvalue weighted by atomic mass is 19.1. The van der Waals surface area contributed by atoms with Crippen LogP contribution in [0.1, 0.15) is 22.8 Å². The van der Waals surface area contributed by atoms with Crippen LogP contribution in [-0.2, 0) is 6.54 Å². The Labute approximate surface area is 138 Å². The number of nitrogens with one attached hydrogen (secondary N) is 1. The number of hydrogen-bond donors (Lipinski definition) is 3. The summed E-state index contributed by atoms with van der Waals surface area (Å²) in [4.78, 5) is 10.1. The molecule has 2 aromatic carbocycles. The van der Waals surface area contributed by atoms with Gasteiger partial charge in [-0.1, -0.05) is 17.7 Å². The van der Waals surface area contributed by atoms with Crippen molar-refractivity contribution in [1.29, 1.82) is 0 Å². The van der Waals surface area contributed by atoms with Gasteiger partial charge in [0.15, 0.2) is 0 Å². The molecule has 0 saturated carbocycles. The molecule has 2 unspecified atom stereocenters. The van der Waals surface area contributed by atoms with Crippen molar-refractivity contribution in [2.45, 2.75) is 25.6 Å². The molecule has 128 valence electrons. The van der Waals surface area contributed by atoms with Gasteiger partial charge < -0.3 is 15.5 Å². The fourth-order valence-electron chi connectivity index (χ4n) is 2.38. The van der Waals surface area contributed by atoms with Gasteiger partial charge in [0.1, 0.15) is 5.82 Å². The fraction of sp³-hybridized carbons (Fsp3) is 0.294. The van der Waals surface area contributed by atoms with E-state index in [1.54, 1.807) is 12.1 Å². The van der Waals surface area contributed by atoms with Crippen molar-refractivity contribution in [3.05, 3.63) is 75.1 Å². The van der Waals surface area contributed by atoms with Crippen LogP contribution in [0.3, 0.4) is 0 Å². The minimum absolute atomic E-state index is 0.0821. The Kier molecular flexibility index (Phi) is 5.97. The molecule has 0 radical (unpaired) electrons. The van der Waals surface area contributed by atoms with E-state index in [0.29, 0.717) is 11.1 Å². The van der Waals surface area contributed by atoms with Crippen LogP contribution in [0.25, 0.3) is 0 Å². The number of hydrogen-bond acceptors (Lipinski definition) is 5. The lowest BCUT2D eigenvalue weighted by molar-refractivity contribution is -0.384. The van der Waals surface area contributed by atoms with Gasteiger partial charge in [-0.15, -0.1) is 0 Å². The van der Waals surface area contributed by atoms with E-state index in [4.69, 9.17) is 0 Å². The van der Waals surface area contributed by atoms with Gasteiger partial charge in [0.2, 0.25) is 0 Å². The van der Waals surface area contributed by atoms with Crippen molar-refractivity contribution in [3.8, 4) is 0 Å². The first-order chi connectivity index (χ1) is 11.4. The molecule has 0 bridgehead atoms. The first-order valence-corrected chi connectivity index (χ1v) is 7.44. The van der Waals surface area contributed by atoms with Crippen molar-refractivity contribution >= 4 is 5.69 Å². The number of aliphatic hydroxyl groups is 2. The summed E-state index contributed by atoms with van der Waals surface area (Å²) in [5, 5.41) is 33.4. The van der Waals surface area contributed by atoms with Crippen LogP contribution >= 0.6 is 0 Å². The van der Waals surface area contributed by atoms with Crippen molar-refractivity contribution in [2.75, 3.05) is 6.61 Å². The van der Waals surface area contributed by atoms with Crippen LogP contribution in [0.15, 0.2) is 42.5 Å². The Bertz CT molecular complexity index is 706. The highest BCUT2D eigenvalue weighted by molar-refractivity contribution is 5.34. The maximum absolute atomic E-state index is 13.7. The molecular formula is C17H19FN2O4. The lowest BCUT2D eigenvalue weighted by Crippen LogP contribution is -2.37. The molecule has 0 heterocycles. The lowest BCUT2D eigenvalue weighted by atomic mass is 10.0. The van der Waals surface area contributed by atoms with Gasteiger partial charge in [0.05, 0.1) is 23.7 Å². The predicted molar refractivity (Wildman–Crippen MR) is 86.9 cm³/mol. The minimum Gasteiger partial charge on any atom is -0.395 e. The van der Waals surface area contributed by atoms with E-state index in [0.717, 1.165) is 5.56 Å². The normalized spacial score (nSPS) is 13.5. The molecule has 0 aliphatic rings. The Morgan fingerprint density at radius 1 is 1.25 bits per heavy atom. The Morgan fingerprint density at radius 3 is 2.50 bits per heavy atom. The SMILES string of the molecule is Cc1ccc(F)c(CNC(CO)C(O)c2ccc([N+](=O)[O-])cc2)c1. The summed E-state index contributed by atoms with van der Waals surface area (Å²) in [5.74, 6) is -0.366. The van der Waals surface area contributed by atoms with Gasteiger partial charge in [-0.25, -0.2) is 4.39 Å². The number of rotatable bonds is 7. The van der Waals surface area contributed by atoms with E-state index in [2.05, 4.69) is 5.32 Å². The molecule has 3 N–H and O–H groups in total. The Morgan fingerprint density at radius 2 is 1.92 bits per heavy atom. The van der Waals surface area contributed by atoms with Crippen molar-refractivity contribution in [2.24, 2.45) is 0 Å². The topological polar surface area (TPSA) is 95.6 Å². The molecule has 6 nitrogen and oxygen atoms in total. The molecule has 0 aliphatic heterocycles. The predicted octanol–water partition coefficient (Wildman–Crippen LogP) is 2.23. The van der Waals surface area contributed by atoms with Crippen LogP contribution in [0.5, 0.6) is 0 Å². The van der Waals surface area contributed by atoms with E-state index in [1.165, 1.54) is 30.3 Å². The van der Waals surface area contributed by atoms with Crippen LogP contribution in [0.4, 0.5) is 10.1 Å². The number of nitrogens with zero attached hydrogens (tertiary/aromatic N) is 1. The number of nitro groups is 1. The van der Waals surface area contributed by atoms with Crippen molar-refractivity contribution < 1.29 is 19.5 Å². The number of aryl methyl sites for hydroxylation is 1. The van der Waals surface area contributed by atoms with Crippen LogP contribution in [0, 0.1) is 22.9 Å². The number of non-ortho nitro benzene ring substituents is 1. The van der Waals surface area contributed by atoms with Gasteiger partial charge in [0, 0.05) is 24.2 Å². The zero-order valence-electron chi connectivity index (χ0n) is 13.1. The molecule has 0 saturated heterocycles. The molecule has 7 heteroatoms. The van der Waals surface area contributed by atoms with Crippen LogP contribution < -0.4 is 5.32 Å². The second-order valence-electron chi connectivity index (χ2n) is 5.56. The average molecular weight is 334 g/mol. The zero-order valence-corrected chi connectivity index (χ0v) is 13.1. The molecule has 0 fully saturated rings. The van der Waals surface area contributed by atoms with Crippen LogP contribution in [0.2, 0.25) is 0 Å². The second-order valence-corrected chi connectivity index (χ2v) is 5.56. The highest BCUT2D eigenvalue weighted by Gasteiger charge is 2.21. The Balaban J connectivity index is 2.07. The monoisotopic (exact) mass is 334 g/mol. The number of benzene rings is 2. The molecule has 2 aromatic rings. The summed E-state index contributed by atoms with van der Waals surface area (Å²) in [6.07, 6.45) is -1.08. The lowest BCUT2D eigenvalue weighted by Gasteiger charge is -2.23. The second kappa shape index (κ2) is 7.96. The molecule has 0 aliphatic carbocycles. The zero-order chi connectivity index (χ0) is 17.7. The van der Waals surface area contributed by atoms with Gasteiger partial charge in [-0.3, -0.25) is 10.1 Å². The first-order valence-electron chi connectivity index (χ1n) is 7.44. The summed E-state index contributed by atoms with van der Waals surface area (Å²) in [6.45, 7) is 1.62.